The van der Waals surface area contributed by atoms with Crippen LogP contribution in [-0.2, 0) is 11.3 Å². The van der Waals surface area contributed by atoms with Gasteiger partial charge in [0.15, 0.2) is 0 Å². The van der Waals surface area contributed by atoms with E-state index in [9.17, 15) is 4.79 Å². The second kappa shape index (κ2) is 6.03. The molecule has 6 nitrogen and oxygen atoms in total. The van der Waals surface area contributed by atoms with Crippen LogP contribution in [-0.4, -0.2) is 37.1 Å². The number of aryl methyl sites for hydroxylation is 2. The summed E-state index contributed by atoms with van der Waals surface area (Å²) >= 11 is 0. The van der Waals surface area contributed by atoms with Gasteiger partial charge in [-0.05, 0) is 25.8 Å². The number of amides is 1. The molecule has 0 N–H and O–H groups in total. The van der Waals surface area contributed by atoms with Gasteiger partial charge in [-0.1, -0.05) is 0 Å². The summed E-state index contributed by atoms with van der Waals surface area (Å²) in [6.45, 7) is 3.37. The number of nitrogens with zero attached hydrogens (tertiary/aromatic N) is 5. The molecule has 1 atom stereocenters. The minimum atomic E-state index is 0.0746. The Bertz CT molecular complexity index is 610. The van der Waals surface area contributed by atoms with Crippen LogP contribution in [0.1, 0.15) is 36.7 Å². The molecular formula is C15H19N5O. The van der Waals surface area contributed by atoms with Crippen LogP contribution in [0.2, 0.25) is 0 Å². The number of hydrogen-bond acceptors (Lipinski definition) is 4. The van der Waals surface area contributed by atoms with Gasteiger partial charge >= 0.3 is 0 Å². The Balaban J connectivity index is 1.63. The molecule has 3 heterocycles. The average Bonchev–Trinajstić information content (AvgIpc) is 3.14. The Morgan fingerprint density at radius 3 is 3.05 bits per heavy atom. The zero-order valence-electron chi connectivity index (χ0n) is 12.1. The second-order valence-electron chi connectivity index (χ2n) is 5.35. The van der Waals surface area contributed by atoms with Crippen molar-refractivity contribution in [3.63, 3.8) is 0 Å². The molecule has 0 aromatic carbocycles. The van der Waals surface area contributed by atoms with E-state index >= 15 is 0 Å². The highest BCUT2D eigenvalue weighted by Crippen LogP contribution is 2.30. The van der Waals surface area contributed by atoms with E-state index in [0.717, 1.165) is 30.8 Å². The van der Waals surface area contributed by atoms with Crippen molar-refractivity contribution < 1.29 is 4.79 Å². The normalized spacial score (nSPS) is 18.1. The van der Waals surface area contributed by atoms with Crippen molar-refractivity contribution in [3.05, 3.63) is 42.2 Å². The first-order valence-electron chi connectivity index (χ1n) is 7.29. The van der Waals surface area contributed by atoms with E-state index in [-0.39, 0.29) is 11.9 Å². The summed E-state index contributed by atoms with van der Waals surface area (Å²) in [5.41, 5.74) is 1.86. The van der Waals surface area contributed by atoms with Crippen molar-refractivity contribution in [2.45, 2.75) is 38.8 Å². The highest BCUT2D eigenvalue weighted by Gasteiger charge is 2.30. The summed E-state index contributed by atoms with van der Waals surface area (Å²) in [6.07, 6.45) is 9.46. The molecule has 0 radical (unpaired) electrons. The number of rotatable bonds is 4. The number of carbonyl (C=O) groups excluding carboxylic acids is 1. The average molecular weight is 285 g/mol. The van der Waals surface area contributed by atoms with Crippen molar-refractivity contribution >= 4 is 5.91 Å². The minimum absolute atomic E-state index is 0.0746. The Labute approximate surface area is 123 Å². The fraction of sp³-hybridized carbons (Fsp3) is 0.467. The molecule has 1 amide bonds. The van der Waals surface area contributed by atoms with Gasteiger partial charge in [0.2, 0.25) is 5.91 Å². The van der Waals surface area contributed by atoms with E-state index in [1.54, 1.807) is 18.6 Å². The molecule has 1 unspecified atom stereocenters. The zero-order valence-corrected chi connectivity index (χ0v) is 12.1. The van der Waals surface area contributed by atoms with Crippen LogP contribution in [0.25, 0.3) is 0 Å². The minimum Gasteiger partial charge on any atom is -0.334 e. The maximum Gasteiger partial charge on any atom is 0.225 e. The summed E-state index contributed by atoms with van der Waals surface area (Å²) < 4.78 is 1.82. The summed E-state index contributed by atoms with van der Waals surface area (Å²) in [4.78, 5) is 22.8. The molecule has 2 aromatic heterocycles. The van der Waals surface area contributed by atoms with E-state index in [1.807, 2.05) is 28.8 Å². The topological polar surface area (TPSA) is 63.9 Å². The van der Waals surface area contributed by atoms with Gasteiger partial charge in [0.1, 0.15) is 0 Å². The molecule has 1 saturated heterocycles. The highest BCUT2D eigenvalue weighted by molar-refractivity contribution is 5.76. The van der Waals surface area contributed by atoms with E-state index < -0.39 is 0 Å². The Kier molecular flexibility index (Phi) is 3.94. The van der Waals surface area contributed by atoms with Crippen LogP contribution < -0.4 is 0 Å². The molecule has 1 aliphatic rings. The van der Waals surface area contributed by atoms with Crippen molar-refractivity contribution in [1.82, 2.24) is 24.6 Å². The SMILES string of the molecule is Cc1ccn(CCC(=O)N2CCCC2c2cnccn2)n1. The monoisotopic (exact) mass is 285 g/mol. The summed E-state index contributed by atoms with van der Waals surface area (Å²) in [6, 6.07) is 2.02. The largest absolute Gasteiger partial charge is 0.334 e. The molecule has 110 valence electrons. The molecule has 1 fully saturated rings. The van der Waals surface area contributed by atoms with E-state index in [1.165, 1.54) is 0 Å². The fourth-order valence-corrected chi connectivity index (χ4v) is 2.80. The van der Waals surface area contributed by atoms with Gasteiger partial charge in [-0.3, -0.25) is 19.4 Å². The Hall–Kier alpha value is -2.24. The zero-order chi connectivity index (χ0) is 14.7. The lowest BCUT2D eigenvalue weighted by atomic mass is 10.1. The summed E-state index contributed by atoms with van der Waals surface area (Å²) in [5, 5.41) is 4.31. The summed E-state index contributed by atoms with van der Waals surface area (Å²) in [5.74, 6) is 0.163. The molecule has 0 saturated carbocycles. The fourth-order valence-electron chi connectivity index (χ4n) is 2.80. The Morgan fingerprint density at radius 1 is 1.43 bits per heavy atom. The quantitative estimate of drug-likeness (QED) is 0.858. The molecule has 3 rings (SSSR count). The highest BCUT2D eigenvalue weighted by atomic mass is 16.2. The lowest BCUT2D eigenvalue weighted by Crippen LogP contribution is -2.31. The number of hydrogen-bond donors (Lipinski definition) is 0. The van der Waals surface area contributed by atoms with Gasteiger partial charge in [0, 0.05) is 38.1 Å². The maximum absolute atomic E-state index is 12.4. The third-order valence-corrected chi connectivity index (χ3v) is 3.83. The first-order valence-corrected chi connectivity index (χ1v) is 7.29. The number of carbonyl (C=O) groups is 1. The van der Waals surface area contributed by atoms with Crippen molar-refractivity contribution in [3.8, 4) is 0 Å². The number of aromatic nitrogens is 4. The predicted molar refractivity (Wildman–Crippen MR) is 77.3 cm³/mol. The summed E-state index contributed by atoms with van der Waals surface area (Å²) in [7, 11) is 0. The van der Waals surface area contributed by atoms with Crippen molar-refractivity contribution in [2.24, 2.45) is 0 Å². The Morgan fingerprint density at radius 2 is 2.33 bits per heavy atom. The van der Waals surface area contributed by atoms with Crippen LogP contribution >= 0.6 is 0 Å². The smallest absolute Gasteiger partial charge is 0.225 e. The molecule has 0 spiro atoms. The number of likely N-dealkylation sites (tertiary alicyclic amines) is 1. The van der Waals surface area contributed by atoms with Crippen LogP contribution in [0.15, 0.2) is 30.9 Å². The van der Waals surface area contributed by atoms with Gasteiger partial charge in [0.05, 0.1) is 23.6 Å². The van der Waals surface area contributed by atoms with Gasteiger partial charge in [-0.25, -0.2) is 0 Å². The van der Waals surface area contributed by atoms with Gasteiger partial charge in [0.25, 0.3) is 0 Å². The van der Waals surface area contributed by atoms with Crippen molar-refractivity contribution in [1.29, 1.82) is 0 Å². The maximum atomic E-state index is 12.4. The molecule has 0 aliphatic carbocycles. The molecule has 2 aromatic rings. The second-order valence-corrected chi connectivity index (χ2v) is 5.35. The van der Waals surface area contributed by atoms with Crippen LogP contribution in [0.3, 0.4) is 0 Å². The molecular weight excluding hydrogens is 266 g/mol. The molecule has 0 bridgehead atoms. The third-order valence-electron chi connectivity index (χ3n) is 3.83. The van der Waals surface area contributed by atoms with E-state index in [4.69, 9.17) is 0 Å². The van der Waals surface area contributed by atoms with E-state index in [2.05, 4.69) is 15.1 Å². The standard InChI is InChI=1S/C15H19N5O/c1-12-4-9-19(18-12)10-5-15(21)20-8-2-3-14(20)13-11-16-6-7-17-13/h4,6-7,9,11,14H,2-3,5,8,10H2,1H3. The lowest BCUT2D eigenvalue weighted by Gasteiger charge is -2.24. The van der Waals surface area contributed by atoms with Gasteiger partial charge < -0.3 is 4.90 Å². The van der Waals surface area contributed by atoms with Crippen LogP contribution in [0.5, 0.6) is 0 Å². The molecule has 21 heavy (non-hydrogen) atoms. The van der Waals surface area contributed by atoms with E-state index in [0.29, 0.717) is 13.0 Å². The first kappa shape index (κ1) is 13.7. The van der Waals surface area contributed by atoms with Crippen LogP contribution in [0.4, 0.5) is 0 Å². The lowest BCUT2D eigenvalue weighted by molar-refractivity contribution is -0.132. The van der Waals surface area contributed by atoms with Crippen LogP contribution in [0, 0.1) is 6.92 Å². The third kappa shape index (κ3) is 3.09. The van der Waals surface area contributed by atoms with Crippen molar-refractivity contribution in [2.75, 3.05) is 6.54 Å². The molecule has 6 heteroatoms. The predicted octanol–water partition coefficient (Wildman–Crippen LogP) is 1.74. The first-order chi connectivity index (χ1) is 10.2. The van der Waals surface area contributed by atoms with Gasteiger partial charge in [-0.2, -0.15) is 5.10 Å². The van der Waals surface area contributed by atoms with Gasteiger partial charge in [-0.15, -0.1) is 0 Å². The molecule has 1 aliphatic heterocycles.